The largest absolute Gasteiger partial charge is 0.259 e. The third-order valence-corrected chi connectivity index (χ3v) is 2.66. The Hall–Kier alpha value is -1.23. The van der Waals surface area contributed by atoms with Gasteiger partial charge in [-0.2, -0.15) is 0 Å². The first-order valence-corrected chi connectivity index (χ1v) is 5.58. The summed E-state index contributed by atoms with van der Waals surface area (Å²) in [5.74, 6) is 0.288. The van der Waals surface area contributed by atoms with Crippen molar-refractivity contribution >= 4 is 17.4 Å². The molecule has 0 fully saturated rings. The predicted molar refractivity (Wildman–Crippen MR) is 61.3 cm³/mol. The van der Waals surface area contributed by atoms with Gasteiger partial charge in [0.1, 0.15) is 0 Å². The summed E-state index contributed by atoms with van der Waals surface area (Å²) in [6.45, 7) is 5.82. The van der Waals surface area contributed by atoms with E-state index >= 15 is 0 Å². The van der Waals surface area contributed by atoms with E-state index in [1.165, 1.54) is 11.3 Å². The average Bonchev–Trinajstić information content (AvgIpc) is 2.49. The fourth-order valence-corrected chi connectivity index (χ4v) is 1.96. The lowest BCUT2D eigenvalue weighted by atomic mass is 10.1. The van der Waals surface area contributed by atoms with Crippen LogP contribution in [-0.2, 0) is 0 Å². The molecule has 1 aromatic rings. The van der Waals surface area contributed by atoms with E-state index in [9.17, 15) is 10.1 Å². The van der Waals surface area contributed by atoms with Crippen LogP contribution in [0.3, 0.4) is 0 Å². The van der Waals surface area contributed by atoms with Crippen LogP contribution < -0.4 is 0 Å². The minimum atomic E-state index is -0.310. The zero-order chi connectivity index (χ0) is 11.4. The van der Waals surface area contributed by atoms with E-state index in [0.717, 1.165) is 9.88 Å². The maximum Gasteiger partial charge on any atom is 0.247 e. The molecule has 0 unspecified atom stereocenters. The number of nitro groups is 1. The number of allylic oxidation sites excluding steroid dienone is 1. The molecule has 5 heteroatoms. The molecule has 0 aromatic carbocycles. The second-order valence-corrected chi connectivity index (χ2v) is 5.04. The summed E-state index contributed by atoms with van der Waals surface area (Å²) in [6.07, 6.45) is 3.78. The van der Waals surface area contributed by atoms with E-state index in [4.69, 9.17) is 0 Å². The average molecular weight is 226 g/mol. The number of hydrogen-bond acceptors (Lipinski definition) is 4. The van der Waals surface area contributed by atoms with Crippen LogP contribution >= 0.6 is 11.3 Å². The number of aromatic nitrogens is 1. The van der Waals surface area contributed by atoms with Crippen molar-refractivity contribution in [3.05, 3.63) is 31.9 Å². The Morgan fingerprint density at radius 3 is 2.80 bits per heavy atom. The molecule has 0 saturated carbocycles. The van der Waals surface area contributed by atoms with Gasteiger partial charge >= 0.3 is 0 Å². The monoisotopic (exact) mass is 226 g/mol. The lowest BCUT2D eigenvalue weighted by Gasteiger charge is -2.00. The zero-order valence-corrected chi connectivity index (χ0v) is 9.87. The van der Waals surface area contributed by atoms with Crippen LogP contribution in [0.2, 0.25) is 0 Å². The third kappa shape index (κ3) is 3.79. The molecule has 0 saturated heterocycles. The molecule has 0 aliphatic carbocycles. The molecule has 4 nitrogen and oxygen atoms in total. The molecule has 0 N–H and O–H groups in total. The van der Waals surface area contributed by atoms with Gasteiger partial charge in [-0.1, -0.05) is 13.8 Å². The summed E-state index contributed by atoms with van der Waals surface area (Å²) >= 11 is 1.47. The molecule has 15 heavy (non-hydrogen) atoms. The molecule has 1 rings (SSSR count). The Labute approximate surface area is 92.8 Å². The molecule has 0 aliphatic rings. The lowest BCUT2D eigenvalue weighted by Crippen LogP contribution is -2.01. The van der Waals surface area contributed by atoms with Gasteiger partial charge in [0.25, 0.3) is 0 Å². The first-order chi connectivity index (χ1) is 6.99. The number of thiazole rings is 1. The number of hydrogen-bond donors (Lipinski definition) is 0. The van der Waals surface area contributed by atoms with Crippen molar-refractivity contribution < 1.29 is 4.92 Å². The maximum absolute atomic E-state index is 10.8. The van der Waals surface area contributed by atoms with Crippen LogP contribution in [-0.4, -0.2) is 9.91 Å². The number of aryl methyl sites for hydroxylation is 1. The SMILES string of the molecule is Cc1ncc(C=C(CC(C)C)[N+](=O)[O-])s1. The van der Waals surface area contributed by atoms with Gasteiger partial charge in [0, 0.05) is 18.7 Å². The van der Waals surface area contributed by atoms with Crippen molar-refractivity contribution in [1.82, 2.24) is 4.98 Å². The van der Waals surface area contributed by atoms with Gasteiger partial charge in [0.2, 0.25) is 5.70 Å². The van der Waals surface area contributed by atoms with Crippen molar-refractivity contribution in [3.8, 4) is 0 Å². The highest BCUT2D eigenvalue weighted by Gasteiger charge is 2.13. The topological polar surface area (TPSA) is 56.0 Å². The highest BCUT2D eigenvalue weighted by Crippen LogP contribution is 2.19. The van der Waals surface area contributed by atoms with E-state index in [2.05, 4.69) is 4.98 Å². The first kappa shape index (κ1) is 11.8. The molecule has 0 radical (unpaired) electrons. The Kier molecular flexibility index (Phi) is 3.96. The third-order valence-electron chi connectivity index (χ3n) is 1.80. The van der Waals surface area contributed by atoms with Gasteiger partial charge in [-0.15, -0.1) is 11.3 Å². The molecule has 0 amide bonds. The number of nitrogens with zero attached hydrogens (tertiary/aromatic N) is 2. The van der Waals surface area contributed by atoms with Crippen molar-refractivity contribution in [2.24, 2.45) is 5.92 Å². The summed E-state index contributed by atoms with van der Waals surface area (Å²) < 4.78 is 0. The minimum Gasteiger partial charge on any atom is -0.259 e. The summed E-state index contributed by atoms with van der Waals surface area (Å²) in [5.41, 5.74) is 0.258. The van der Waals surface area contributed by atoms with E-state index < -0.39 is 0 Å². The summed E-state index contributed by atoms with van der Waals surface area (Å²) in [5, 5.41) is 11.7. The first-order valence-electron chi connectivity index (χ1n) is 4.76. The van der Waals surface area contributed by atoms with Gasteiger partial charge in [-0.25, -0.2) is 4.98 Å². The zero-order valence-electron chi connectivity index (χ0n) is 9.06. The fourth-order valence-electron chi connectivity index (χ4n) is 1.21. The molecule has 0 bridgehead atoms. The van der Waals surface area contributed by atoms with Crippen molar-refractivity contribution in [2.45, 2.75) is 27.2 Å². The van der Waals surface area contributed by atoms with Gasteiger partial charge in [0.15, 0.2) is 0 Å². The Morgan fingerprint density at radius 2 is 2.40 bits per heavy atom. The van der Waals surface area contributed by atoms with Gasteiger partial charge < -0.3 is 0 Å². The molecule has 0 atom stereocenters. The standard InChI is InChI=1S/C10H14N2O2S/c1-7(2)4-9(12(13)14)5-10-6-11-8(3)15-10/h5-7H,4H2,1-3H3. The van der Waals surface area contributed by atoms with Crippen LogP contribution in [0.1, 0.15) is 30.2 Å². The fraction of sp³-hybridized carbons (Fsp3) is 0.500. The summed E-state index contributed by atoms with van der Waals surface area (Å²) in [7, 11) is 0. The minimum absolute atomic E-state index is 0.258. The van der Waals surface area contributed by atoms with Gasteiger partial charge in [-0.3, -0.25) is 10.1 Å². The van der Waals surface area contributed by atoms with Crippen LogP contribution in [0, 0.1) is 23.0 Å². The van der Waals surface area contributed by atoms with E-state index in [1.54, 1.807) is 12.3 Å². The smallest absolute Gasteiger partial charge is 0.247 e. The second-order valence-electron chi connectivity index (χ2n) is 3.77. The summed E-state index contributed by atoms with van der Waals surface area (Å²) in [4.78, 5) is 15.4. The predicted octanol–water partition coefficient (Wildman–Crippen LogP) is 3.12. The van der Waals surface area contributed by atoms with Gasteiger partial charge in [0.05, 0.1) is 14.8 Å². The van der Waals surface area contributed by atoms with Crippen molar-refractivity contribution in [2.75, 3.05) is 0 Å². The highest BCUT2D eigenvalue weighted by atomic mass is 32.1. The van der Waals surface area contributed by atoms with Crippen molar-refractivity contribution in [3.63, 3.8) is 0 Å². The molecule has 0 aliphatic heterocycles. The van der Waals surface area contributed by atoms with Crippen LogP contribution in [0.4, 0.5) is 0 Å². The Balaban J connectivity index is 2.88. The molecule has 1 heterocycles. The second kappa shape index (κ2) is 5.02. The normalized spacial score (nSPS) is 12.1. The Bertz CT molecular complexity index is 383. The highest BCUT2D eigenvalue weighted by molar-refractivity contribution is 7.12. The van der Waals surface area contributed by atoms with Crippen LogP contribution in [0.5, 0.6) is 0 Å². The lowest BCUT2D eigenvalue weighted by molar-refractivity contribution is -0.427. The molecular formula is C10H14N2O2S. The van der Waals surface area contributed by atoms with E-state index in [-0.39, 0.29) is 16.5 Å². The van der Waals surface area contributed by atoms with Crippen LogP contribution in [0.15, 0.2) is 11.9 Å². The maximum atomic E-state index is 10.8. The molecule has 82 valence electrons. The Morgan fingerprint density at radius 1 is 1.73 bits per heavy atom. The molecular weight excluding hydrogens is 212 g/mol. The van der Waals surface area contributed by atoms with E-state index in [0.29, 0.717) is 6.42 Å². The number of rotatable bonds is 4. The molecule has 0 spiro atoms. The van der Waals surface area contributed by atoms with Crippen molar-refractivity contribution in [1.29, 1.82) is 0 Å². The quantitative estimate of drug-likeness (QED) is 0.585. The molecule has 1 aromatic heterocycles. The summed E-state index contributed by atoms with van der Waals surface area (Å²) in [6, 6.07) is 0. The van der Waals surface area contributed by atoms with E-state index in [1.807, 2.05) is 20.8 Å². The van der Waals surface area contributed by atoms with Crippen LogP contribution in [0.25, 0.3) is 6.08 Å². The van der Waals surface area contributed by atoms with Gasteiger partial charge in [-0.05, 0) is 12.8 Å².